The normalized spacial score (nSPS) is 10.9. The highest BCUT2D eigenvalue weighted by Crippen LogP contribution is 2.22. The number of fused-ring (bicyclic) bond motifs is 1. The first kappa shape index (κ1) is 22.9. The van der Waals surface area contributed by atoms with Gasteiger partial charge in [0.1, 0.15) is 0 Å². The Morgan fingerprint density at radius 2 is 1.62 bits per heavy atom. The minimum Gasteiger partial charge on any atom is -0.308 e. The zero-order chi connectivity index (χ0) is 24.1. The lowest BCUT2D eigenvalue weighted by Gasteiger charge is -2.11. The molecule has 4 aromatic rings. The van der Waals surface area contributed by atoms with E-state index >= 15 is 0 Å². The van der Waals surface area contributed by atoms with Crippen LogP contribution in [-0.4, -0.2) is 22.7 Å². The molecule has 168 valence electrons. The quantitative estimate of drug-likeness (QED) is 0.339. The Morgan fingerprint density at radius 1 is 0.882 bits per heavy atom. The van der Waals surface area contributed by atoms with Crippen LogP contribution in [0.25, 0.3) is 23.1 Å². The number of nitrogens with one attached hydrogen (secondary N) is 2. The van der Waals surface area contributed by atoms with Gasteiger partial charge in [0, 0.05) is 21.7 Å². The molecule has 0 bridgehead atoms. The number of benzene rings is 3. The first-order chi connectivity index (χ1) is 16.4. The molecule has 0 atom stereocenters. The number of urea groups is 1. The standard InChI is InChI=1S/C27H20ClN3O3/c1-17(32)19-8-14-25-23(15-19)24(16-22(29-25)11-7-18-5-3-2-4-6-18)26(33)31-27(34)30-21-12-9-20(28)10-13-21/h2-16H,1H3,(H2,30,31,33,34)/b11-7+. The fourth-order valence-electron chi connectivity index (χ4n) is 3.35. The van der Waals surface area contributed by atoms with Crippen LogP contribution in [-0.2, 0) is 0 Å². The van der Waals surface area contributed by atoms with Gasteiger partial charge in [-0.15, -0.1) is 0 Å². The van der Waals surface area contributed by atoms with Crippen LogP contribution in [0.2, 0.25) is 5.02 Å². The largest absolute Gasteiger partial charge is 0.326 e. The third kappa shape index (κ3) is 5.54. The van der Waals surface area contributed by atoms with Gasteiger partial charge in [0.2, 0.25) is 0 Å². The molecule has 0 spiro atoms. The Hall–Kier alpha value is -4.29. The summed E-state index contributed by atoms with van der Waals surface area (Å²) in [6, 6.07) is 22.1. The topological polar surface area (TPSA) is 88.2 Å². The van der Waals surface area contributed by atoms with Crippen molar-refractivity contribution in [2.75, 3.05) is 5.32 Å². The number of Topliss-reactive ketones (excluding diaryl/α,β-unsaturated/α-hetero) is 1. The van der Waals surface area contributed by atoms with Crippen molar-refractivity contribution in [3.8, 4) is 0 Å². The Balaban J connectivity index is 1.67. The average Bonchev–Trinajstić information content (AvgIpc) is 2.83. The van der Waals surface area contributed by atoms with Crippen molar-refractivity contribution in [3.05, 3.63) is 106 Å². The van der Waals surface area contributed by atoms with E-state index in [0.29, 0.717) is 32.9 Å². The molecule has 0 saturated heterocycles. The summed E-state index contributed by atoms with van der Waals surface area (Å²) < 4.78 is 0. The maximum atomic E-state index is 13.1. The van der Waals surface area contributed by atoms with E-state index in [1.54, 1.807) is 54.6 Å². The summed E-state index contributed by atoms with van der Waals surface area (Å²) >= 11 is 5.86. The van der Waals surface area contributed by atoms with Crippen LogP contribution in [0.1, 0.15) is 38.9 Å². The molecule has 0 saturated carbocycles. The van der Waals surface area contributed by atoms with Crippen LogP contribution >= 0.6 is 11.6 Å². The van der Waals surface area contributed by atoms with Gasteiger partial charge in [-0.25, -0.2) is 9.78 Å². The Morgan fingerprint density at radius 3 is 2.32 bits per heavy atom. The van der Waals surface area contributed by atoms with Crippen LogP contribution in [0.4, 0.5) is 10.5 Å². The molecule has 0 fully saturated rings. The summed E-state index contributed by atoms with van der Waals surface area (Å²) in [6.45, 7) is 1.45. The van der Waals surface area contributed by atoms with Gasteiger partial charge in [-0.3, -0.25) is 14.9 Å². The highest BCUT2D eigenvalue weighted by Gasteiger charge is 2.16. The molecule has 2 N–H and O–H groups in total. The summed E-state index contributed by atoms with van der Waals surface area (Å²) in [4.78, 5) is 42.0. The molecule has 34 heavy (non-hydrogen) atoms. The number of carbonyl (C=O) groups is 3. The van der Waals surface area contributed by atoms with Gasteiger partial charge in [-0.05, 0) is 67.1 Å². The summed E-state index contributed by atoms with van der Waals surface area (Å²) in [6.07, 6.45) is 3.67. The van der Waals surface area contributed by atoms with Crippen LogP contribution in [0.5, 0.6) is 0 Å². The predicted octanol–water partition coefficient (Wildman–Crippen LogP) is 6.22. The minimum absolute atomic E-state index is 0.137. The molecule has 6 nitrogen and oxygen atoms in total. The number of amides is 3. The van der Waals surface area contributed by atoms with Crippen molar-refractivity contribution in [2.24, 2.45) is 0 Å². The van der Waals surface area contributed by atoms with Gasteiger partial charge in [0.05, 0.1) is 16.8 Å². The van der Waals surface area contributed by atoms with E-state index < -0.39 is 11.9 Å². The number of hydrogen-bond acceptors (Lipinski definition) is 4. The average molecular weight is 470 g/mol. The smallest absolute Gasteiger partial charge is 0.308 e. The van der Waals surface area contributed by atoms with Crippen LogP contribution in [0, 0.1) is 0 Å². The summed E-state index contributed by atoms with van der Waals surface area (Å²) in [5, 5.41) is 5.94. The van der Waals surface area contributed by atoms with Gasteiger partial charge in [0.25, 0.3) is 5.91 Å². The number of halogens is 1. The fourth-order valence-corrected chi connectivity index (χ4v) is 3.48. The molecule has 3 aromatic carbocycles. The molecular formula is C27H20ClN3O3. The molecule has 0 aliphatic rings. The van der Waals surface area contributed by atoms with E-state index in [1.807, 2.05) is 36.4 Å². The second-order valence-electron chi connectivity index (χ2n) is 7.54. The van der Waals surface area contributed by atoms with Crippen molar-refractivity contribution in [2.45, 2.75) is 6.92 Å². The summed E-state index contributed by atoms with van der Waals surface area (Å²) in [5.41, 5.74) is 3.21. The lowest BCUT2D eigenvalue weighted by molar-refractivity contribution is 0.0966. The molecule has 4 rings (SSSR count). The van der Waals surface area contributed by atoms with E-state index in [-0.39, 0.29) is 11.3 Å². The van der Waals surface area contributed by atoms with E-state index in [2.05, 4.69) is 15.6 Å². The highest BCUT2D eigenvalue weighted by molar-refractivity contribution is 6.30. The first-order valence-electron chi connectivity index (χ1n) is 10.5. The van der Waals surface area contributed by atoms with Crippen molar-refractivity contribution >= 4 is 58.1 Å². The number of pyridine rings is 1. The Bertz CT molecular complexity index is 1410. The van der Waals surface area contributed by atoms with Crippen LogP contribution in [0.15, 0.2) is 78.9 Å². The third-order valence-electron chi connectivity index (χ3n) is 5.05. The van der Waals surface area contributed by atoms with Gasteiger partial charge in [-0.1, -0.05) is 48.0 Å². The maximum absolute atomic E-state index is 13.1. The molecule has 0 radical (unpaired) electrons. The van der Waals surface area contributed by atoms with Gasteiger partial charge < -0.3 is 5.32 Å². The number of ketones is 1. The SMILES string of the molecule is CC(=O)c1ccc2nc(/C=C/c3ccccc3)cc(C(=O)NC(=O)Nc3ccc(Cl)cc3)c2c1. The number of aromatic nitrogens is 1. The van der Waals surface area contributed by atoms with Crippen LogP contribution in [0.3, 0.4) is 0 Å². The number of anilines is 1. The molecule has 3 amide bonds. The molecule has 0 aliphatic heterocycles. The van der Waals surface area contributed by atoms with Crippen molar-refractivity contribution in [1.82, 2.24) is 10.3 Å². The van der Waals surface area contributed by atoms with E-state index in [1.165, 1.54) is 6.92 Å². The Labute approximate surface area is 201 Å². The number of carbonyl (C=O) groups excluding carboxylic acids is 3. The molecule has 7 heteroatoms. The zero-order valence-electron chi connectivity index (χ0n) is 18.2. The fraction of sp³-hybridized carbons (Fsp3) is 0.0370. The molecule has 0 unspecified atom stereocenters. The molecule has 0 aliphatic carbocycles. The first-order valence-corrected chi connectivity index (χ1v) is 10.8. The van der Waals surface area contributed by atoms with Crippen LogP contribution < -0.4 is 10.6 Å². The minimum atomic E-state index is -0.693. The van der Waals surface area contributed by atoms with Gasteiger partial charge in [0.15, 0.2) is 5.78 Å². The number of hydrogen-bond donors (Lipinski definition) is 2. The van der Waals surface area contributed by atoms with Crippen molar-refractivity contribution in [1.29, 1.82) is 0 Å². The summed E-state index contributed by atoms with van der Waals surface area (Å²) in [7, 11) is 0. The van der Waals surface area contributed by atoms with E-state index in [9.17, 15) is 14.4 Å². The van der Waals surface area contributed by atoms with E-state index in [4.69, 9.17) is 11.6 Å². The lowest BCUT2D eigenvalue weighted by Crippen LogP contribution is -2.34. The van der Waals surface area contributed by atoms with Gasteiger partial charge in [-0.2, -0.15) is 0 Å². The molecular weight excluding hydrogens is 450 g/mol. The second-order valence-corrected chi connectivity index (χ2v) is 7.98. The summed E-state index contributed by atoms with van der Waals surface area (Å²) in [5.74, 6) is -0.754. The molecule has 1 aromatic heterocycles. The second kappa shape index (κ2) is 10.1. The van der Waals surface area contributed by atoms with E-state index in [0.717, 1.165) is 5.56 Å². The number of imide groups is 1. The number of rotatable bonds is 5. The zero-order valence-corrected chi connectivity index (χ0v) is 19.0. The number of nitrogens with zero attached hydrogens (tertiary/aromatic N) is 1. The maximum Gasteiger partial charge on any atom is 0.326 e. The monoisotopic (exact) mass is 469 g/mol. The highest BCUT2D eigenvalue weighted by atomic mass is 35.5. The third-order valence-corrected chi connectivity index (χ3v) is 5.31. The van der Waals surface area contributed by atoms with Crippen molar-refractivity contribution in [3.63, 3.8) is 0 Å². The predicted molar refractivity (Wildman–Crippen MR) is 135 cm³/mol. The van der Waals surface area contributed by atoms with Crippen molar-refractivity contribution < 1.29 is 14.4 Å². The van der Waals surface area contributed by atoms with Gasteiger partial charge >= 0.3 is 6.03 Å². The Kier molecular flexibility index (Phi) is 6.80. The lowest BCUT2D eigenvalue weighted by atomic mass is 10.0. The molecule has 1 heterocycles.